The number of aryl methyl sites for hydroxylation is 1. The predicted molar refractivity (Wildman–Crippen MR) is 246 cm³/mol. The van der Waals surface area contributed by atoms with E-state index in [2.05, 4.69) is 65.1 Å². The number of anilines is 3. The molecule has 0 aliphatic carbocycles. The summed E-state index contributed by atoms with van der Waals surface area (Å²) in [6.07, 6.45) is 15.1. The van der Waals surface area contributed by atoms with E-state index in [9.17, 15) is 14.5 Å². The number of hydrogen-bond acceptors (Lipinski definition) is 12. The number of esters is 2. The summed E-state index contributed by atoms with van der Waals surface area (Å²) in [6.45, 7) is 19.0. The molecule has 3 rings (SSSR count). The molecule has 13 nitrogen and oxygen atoms in total. The van der Waals surface area contributed by atoms with Gasteiger partial charge in [-0.05, 0) is 69.5 Å². The van der Waals surface area contributed by atoms with Gasteiger partial charge in [0.2, 0.25) is 0 Å². The monoisotopic (exact) mass is 842 g/mol. The zero-order valence-electron chi connectivity index (χ0n) is 37.5. The van der Waals surface area contributed by atoms with Gasteiger partial charge in [0.15, 0.2) is 7.05 Å². The fraction of sp³-hybridized carbons (Fsp3) is 0.500. The fourth-order valence-corrected chi connectivity index (χ4v) is 6.26. The van der Waals surface area contributed by atoms with Crippen LogP contribution in [0.3, 0.4) is 0 Å². The standard InChI is InChI=1S/C48H69N6O7/c1-9-11-13-15-17-19-27-54(28-20-18-16-14-12-10-2)41-25-26-42(38(7)33-41)50-52-44-35-45(58-29-31-60-47(55)36(3)4)43(34-46(44)59-30-32-61-48(56)37(5)6)51-49-39-21-23-40(24-22-39)53(8)57/h21-26,33-35,49,51H,3,5,9-20,27-32H2,1-2,4,6-8H3/q+1. The average molecular weight is 842 g/mol. The Kier molecular flexibility index (Phi) is 22.7. The summed E-state index contributed by atoms with van der Waals surface area (Å²) in [5, 5.41) is 9.34. The first-order valence-electron chi connectivity index (χ1n) is 21.8. The molecule has 3 aromatic carbocycles. The van der Waals surface area contributed by atoms with Crippen molar-refractivity contribution in [3.8, 4) is 11.5 Å². The second-order valence-corrected chi connectivity index (χ2v) is 15.3. The zero-order valence-corrected chi connectivity index (χ0v) is 37.5. The molecule has 0 atom stereocenters. The number of nitrogens with one attached hydrogen (secondary N) is 2. The molecule has 61 heavy (non-hydrogen) atoms. The summed E-state index contributed by atoms with van der Waals surface area (Å²) in [4.78, 5) is 38.3. The van der Waals surface area contributed by atoms with Crippen LogP contribution in [-0.2, 0) is 19.1 Å². The van der Waals surface area contributed by atoms with Crippen LogP contribution in [-0.4, -0.2) is 63.3 Å². The molecule has 0 aromatic heterocycles. The smallest absolute Gasteiger partial charge is 0.333 e. The number of carbonyl (C=O) groups excluding carboxylic acids is 2. The first-order valence-corrected chi connectivity index (χ1v) is 21.8. The largest absolute Gasteiger partial charge is 0.488 e. The fourth-order valence-electron chi connectivity index (χ4n) is 6.26. The topological polar surface area (TPSA) is 143 Å². The number of hydrazine groups is 1. The SMILES string of the molecule is C=C(C)C(=O)OCCOc1cc(NNc2ccc([N+](C)=O)cc2)c(OCCOC(=O)C(=C)C)cc1N=Nc1ccc(N(CCCCCCCC)CCCCCCCC)cc1C. The van der Waals surface area contributed by atoms with Crippen LogP contribution in [0.4, 0.5) is 34.1 Å². The molecule has 332 valence electrons. The van der Waals surface area contributed by atoms with Crippen LogP contribution >= 0.6 is 0 Å². The van der Waals surface area contributed by atoms with Crippen molar-refractivity contribution in [3.05, 3.63) is 89.4 Å². The Hall–Kier alpha value is -5.72. The average Bonchev–Trinajstić information content (AvgIpc) is 3.24. The first-order chi connectivity index (χ1) is 29.4. The lowest BCUT2D eigenvalue weighted by molar-refractivity contribution is -0.428. The van der Waals surface area contributed by atoms with Crippen LogP contribution in [0.1, 0.15) is 110 Å². The Morgan fingerprint density at radius 3 is 1.70 bits per heavy atom. The van der Waals surface area contributed by atoms with Crippen LogP contribution < -0.4 is 25.2 Å². The molecular weight excluding hydrogens is 773 g/mol. The van der Waals surface area contributed by atoms with E-state index in [0.717, 1.165) is 23.4 Å². The third-order valence-corrected chi connectivity index (χ3v) is 9.85. The van der Waals surface area contributed by atoms with E-state index in [0.29, 0.717) is 39.9 Å². The lowest BCUT2D eigenvalue weighted by Crippen LogP contribution is -2.25. The molecule has 0 aliphatic heterocycles. The molecule has 2 N–H and O–H groups in total. The van der Waals surface area contributed by atoms with Gasteiger partial charge in [-0.25, -0.2) is 9.59 Å². The van der Waals surface area contributed by atoms with E-state index in [1.165, 1.54) is 89.8 Å². The highest BCUT2D eigenvalue weighted by Crippen LogP contribution is 2.40. The molecule has 0 unspecified atom stereocenters. The molecule has 0 aliphatic rings. The number of ether oxygens (including phenoxy) is 4. The number of azo groups is 1. The summed E-state index contributed by atoms with van der Waals surface area (Å²) in [6, 6.07) is 16.6. The Morgan fingerprint density at radius 1 is 0.656 bits per heavy atom. The van der Waals surface area contributed by atoms with Gasteiger partial charge in [0, 0.05) is 63.9 Å². The maximum atomic E-state index is 12.1. The summed E-state index contributed by atoms with van der Waals surface area (Å²) >= 11 is 0. The lowest BCUT2D eigenvalue weighted by atomic mass is 10.1. The molecule has 0 fully saturated rings. The summed E-state index contributed by atoms with van der Waals surface area (Å²) in [5.41, 5.74) is 11.7. The second kappa shape index (κ2) is 27.9. The second-order valence-electron chi connectivity index (χ2n) is 15.3. The first kappa shape index (κ1) is 49.6. The maximum Gasteiger partial charge on any atom is 0.333 e. The van der Waals surface area contributed by atoms with Crippen LogP contribution in [0, 0.1) is 11.8 Å². The van der Waals surface area contributed by atoms with E-state index < -0.39 is 11.9 Å². The maximum absolute atomic E-state index is 12.1. The minimum Gasteiger partial charge on any atom is -0.488 e. The highest BCUT2D eigenvalue weighted by Gasteiger charge is 2.16. The van der Waals surface area contributed by atoms with Gasteiger partial charge in [-0.2, -0.15) is 5.11 Å². The van der Waals surface area contributed by atoms with E-state index in [1.807, 2.05) is 13.0 Å². The zero-order chi connectivity index (χ0) is 44.4. The third-order valence-electron chi connectivity index (χ3n) is 9.85. The van der Waals surface area contributed by atoms with Crippen LogP contribution in [0.2, 0.25) is 0 Å². The minimum absolute atomic E-state index is 0.0216. The van der Waals surface area contributed by atoms with Gasteiger partial charge in [-0.15, -0.1) is 5.11 Å². The number of rotatable bonds is 31. The van der Waals surface area contributed by atoms with Crippen LogP contribution in [0.25, 0.3) is 0 Å². The van der Waals surface area contributed by atoms with E-state index in [-0.39, 0.29) is 37.6 Å². The van der Waals surface area contributed by atoms with Crippen molar-refractivity contribution in [2.24, 2.45) is 10.2 Å². The molecule has 0 saturated heterocycles. The Bertz CT molecular complexity index is 1880. The predicted octanol–water partition coefficient (Wildman–Crippen LogP) is 12.4. The van der Waals surface area contributed by atoms with Crippen molar-refractivity contribution < 1.29 is 33.3 Å². The van der Waals surface area contributed by atoms with Gasteiger partial charge in [0.25, 0.3) is 5.69 Å². The summed E-state index contributed by atoms with van der Waals surface area (Å²) in [5.74, 6) is -0.341. The highest BCUT2D eigenvalue weighted by molar-refractivity contribution is 5.87. The summed E-state index contributed by atoms with van der Waals surface area (Å²) < 4.78 is 23.6. The molecule has 13 heteroatoms. The molecule has 0 heterocycles. The molecule has 0 saturated carbocycles. The van der Waals surface area contributed by atoms with Crippen molar-refractivity contribution in [2.45, 2.75) is 112 Å². The normalized spacial score (nSPS) is 10.9. The number of benzene rings is 3. The van der Waals surface area contributed by atoms with Gasteiger partial charge in [0.1, 0.15) is 43.6 Å². The van der Waals surface area contributed by atoms with Crippen LogP contribution in [0.5, 0.6) is 11.5 Å². The quantitative estimate of drug-likeness (QED) is 0.0160. The van der Waals surface area contributed by atoms with Gasteiger partial charge in [-0.3, -0.25) is 5.43 Å². The summed E-state index contributed by atoms with van der Waals surface area (Å²) in [7, 11) is 1.43. The van der Waals surface area contributed by atoms with Gasteiger partial charge < -0.3 is 29.3 Å². The van der Waals surface area contributed by atoms with Crippen molar-refractivity contribution >= 4 is 46.1 Å². The van der Waals surface area contributed by atoms with Crippen molar-refractivity contribution in [3.63, 3.8) is 0 Å². The van der Waals surface area contributed by atoms with Gasteiger partial charge in [0.05, 0.1) is 17.1 Å². The molecule has 0 spiro atoms. The Labute approximate surface area is 363 Å². The minimum atomic E-state index is -0.518. The molecule has 0 radical (unpaired) electrons. The van der Waals surface area contributed by atoms with E-state index in [4.69, 9.17) is 18.9 Å². The van der Waals surface area contributed by atoms with Crippen molar-refractivity contribution in [1.29, 1.82) is 0 Å². The Balaban J connectivity index is 1.93. The molecule has 0 amide bonds. The third kappa shape index (κ3) is 18.6. The number of carbonyl (C=O) groups is 2. The highest BCUT2D eigenvalue weighted by atomic mass is 16.6. The van der Waals surface area contributed by atoms with Crippen molar-refractivity contribution in [1.82, 2.24) is 0 Å². The number of hydrogen-bond donors (Lipinski definition) is 2. The van der Waals surface area contributed by atoms with Gasteiger partial charge >= 0.3 is 11.9 Å². The molecule has 3 aromatic rings. The number of nitroso groups, excluding NO2 is 1. The molecular formula is C48H69N6O7+. The van der Waals surface area contributed by atoms with Crippen molar-refractivity contribution in [2.75, 3.05) is 62.3 Å². The Morgan fingerprint density at radius 2 is 1.18 bits per heavy atom. The van der Waals surface area contributed by atoms with E-state index >= 15 is 0 Å². The number of unbranched alkanes of at least 4 members (excludes halogenated alkanes) is 10. The van der Waals surface area contributed by atoms with E-state index in [1.54, 1.807) is 50.2 Å². The molecule has 0 bridgehead atoms. The van der Waals surface area contributed by atoms with Crippen LogP contribution in [0.15, 0.2) is 89.1 Å². The van der Waals surface area contributed by atoms with Gasteiger partial charge in [-0.1, -0.05) is 91.2 Å². The lowest BCUT2D eigenvalue weighted by Gasteiger charge is -2.26. The number of nitrogens with zero attached hydrogens (tertiary/aromatic N) is 4.